The quantitative estimate of drug-likeness (QED) is 0.814. The lowest BCUT2D eigenvalue weighted by Crippen LogP contribution is -2.42. The molecule has 2 atom stereocenters. The number of nitrogens with zero attached hydrogens (tertiary/aromatic N) is 1. The normalized spacial score (nSPS) is 18.8. The molecule has 1 aromatic rings. The Hall–Kier alpha value is -1.53. The standard InChI is InChI=1S/C16H23N3O2S/c1-11(16(21)19(3)14-8-9-17-10-14)22-15-6-4-13(5-7-15)18-12(2)20/h4-7,11,14,17H,8-10H2,1-3H3,(H,18,20). The number of benzene rings is 1. The van der Waals surface area contributed by atoms with Crippen molar-refractivity contribution in [2.24, 2.45) is 0 Å². The van der Waals surface area contributed by atoms with E-state index in [4.69, 9.17) is 0 Å². The maximum absolute atomic E-state index is 12.5. The first-order chi connectivity index (χ1) is 10.5. The van der Waals surface area contributed by atoms with Crippen LogP contribution in [0.3, 0.4) is 0 Å². The van der Waals surface area contributed by atoms with E-state index in [1.54, 1.807) is 11.8 Å². The van der Waals surface area contributed by atoms with Gasteiger partial charge in [-0.2, -0.15) is 0 Å². The number of carbonyl (C=O) groups is 2. The molecule has 1 aliphatic rings. The predicted octanol–water partition coefficient (Wildman–Crippen LogP) is 1.95. The predicted molar refractivity (Wildman–Crippen MR) is 90.1 cm³/mol. The van der Waals surface area contributed by atoms with E-state index >= 15 is 0 Å². The highest BCUT2D eigenvalue weighted by molar-refractivity contribution is 8.00. The fourth-order valence-electron chi connectivity index (χ4n) is 2.51. The van der Waals surface area contributed by atoms with Gasteiger partial charge in [-0.05, 0) is 44.2 Å². The lowest BCUT2D eigenvalue weighted by atomic mass is 10.2. The molecule has 120 valence electrons. The van der Waals surface area contributed by atoms with Crippen molar-refractivity contribution in [1.29, 1.82) is 0 Å². The van der Waals surface area contributed by atoms with Crippen LogP contribution in [0.1, 0.15) is 20.3 Å². The molecular formula is C16H23N3O2S. The van der Waals surface area contributed by atoms with Crippen LogP contribution < -0.4 is 10.6 Å². The largest absolute Gasteiger partial charge is 0.340 e. The van der Waals surface area contributed by atoms with E-state index in [9.17, 15) is 9.59 Å². The Bertz CT molecular complexity index is 527. The number of carbonyl (C=O) groups excluding carboxylic acids is 2. The molecule has 1 saturated heterocycles. The van der Waals surface area contributed by atoms with Gasteiger partial charge in [-0.3, -0.25) is 9.59 Å². The van der Waals surface area contributed by atoms with Gasteiger partial charge in [-0.1, -0.05) is 0 Å². The highest BCUT2D eigenvalue weighted by atomic mass is 32.2. The van der Waals surface area contributed by atoms with E-state index in [-0.39, 0.29) is 17.1 Å². The molecule has 1 heterocycles. The van der Waals surface area contributed by atoms with E-state index in [1.165, 1.54) is 6.92 Å². The fraction of sp³-hybridized carbons (Fsp3) is 0.500. The van der Waals surface area contributed by atoms with Crippen LogP contribution in [0, 0.1) is 0 Å². The summed E-state index contributed by atoms with van der Waals surface area (Å²) < 4.78 is 0. The Morgan fingerprint density at radius 2 is 2.05 bits per heavy atom. The molecule has 1 aliphatic heterocycles. The minimum absolute atomic E-state index is 0.0873. The summed E-state index contributed by atoms with van der Waals surface area (Å²) in [5.74, 6) is 0.0698. The zero-order valence-corrected chi connectivity index (χ0v) is 14.1. The summed E-state index contributed by atoms with van der Waals surface area (Å²) in [4.78, 5) is 26.3. The van der Waals surface area contributed by atoms with Crippen molar-refractivity contribution < 1.29 is 9.59 Å². The minimum atomic E-state index is -0.128. The van der Waals surface area contributed by atoms with Crippen LogP contribution in [0.2, 0.25) is 0 Å². The van der Waals surface area contributed by atoms with Crippen LogP contribution in [0.5, 0.6) is 0 Å². The van der Waals surface area contributed by atoms with Gasteiger partial charge in [0.25, 0.3) is 0 Å². The van der Waals surface area contributed by atoms with Gasteiger partial charge in [-0.25, -0.2) is 0 Å². The van der Waals surface area contributed by atoms with E-state index in [1.807, 2.05) is 43.1 Å². The summed E-state index contributed by atoms with van der Waals surface area (Å²) in [5.41, 5.74) is 0.768. The highest BCUT2D eigenvalue weighted by Gasteiger charge is 2.26. The second-order valence-corrected chi connectivity index (χ2v) is 6.98. The van der Waals surface area contributed by atoms with Crippen molar-refractivity contribution in [3.63, 3.8) is 0 Å². The summed E-state index contributed by atoms with van der Waals surface area (Å²) in [6, 6.07) is 7.86. The number of nitrogens with one attached hydrogen (secondary N) is 2. The smallest absolute Gasteiger partial charge is 0.235 e. The van der Waals surface area contributed by atoms with Gasteiger partial charge in [0.05, 0.1) is 5.25 Å². The topological polar surface area (TPSA) is 61.4 Å². The molecule has 2 unspecified atom stereocenters. The van der Waals surface area contributed by atoms with Crippen LogP contribution in [0.4, 0.5) is 5.69 Å². The van der Waals surface area contributed by atoms with Crippen molar-refractivity contribution >= 4 is 29.3 Å². The molecule has 5 nitrogen and oxygen atoms in total. The Morgan fingerprint density at radius 1 is 1.36 bits per heavy atom. The number of thioether (sulfide) groups is 1. The average Bonchev–Trinajstić information content (AvgIpc) is 3.01. The van der Waals surface area contributed by atoms with Crippen molar-refractivity contribution in [1.82, 2.24) is 10.2 Å². The molecule has 2 amide bonds. The van der Waals surface area contributed by atoms with Crippen LogP contribution in [-0.4, -0.2) is 48.1 Å². The van der Waals surface area contributed by atoms with Crippen LogP contribution in [-0.2, 0) is 9.59 Å². The zero-order valence-electron chi connectivity index (χ0n) is 13.3. The number of rotatable bonds is 5. The molecule has 1 aromatic carbocycles. The van der Waals surface area contributed by atoms with Crippen LogP contribution >= 0.6 is 11.8 Å². The van der Waals surface area contributed by atoms with Crippen molar-refractivity contribution in [3.8, 4) is 0 Å². The number of amides is 2. The van der Waals surface area contributed by atoms with Crippen molar-refractivity contribution in [2.75, 3.05) is 25.5 Å². The number of anilines is 1. The summed E-state index contributed by atoms with van der Waals surface area (Å²) in [7, 11) is 1.89. The first-order valence-electron chi connectivity index (χ1n) is 7.49. The van der Waals surface area contributed by atoms with Gasteiger partial charge in [0.15, 0.2) is 0 Å². The number of hydrogen-bond donors (Lipinski definition) is 2. The Kier molecular flexibility index (Phi) is 5.85. The Balaban J connectivity index is 1.91. The molecule has 22 heavy (non-hydrogen) atoms. The van der Waals surface area contributed by atoms with Gasteiger partial charge in [0, 0.05) is 37.1 Å². The maximum Gasteiger partial charge on any atom is 0.235 e. The lowest BCUT2D eigenvalue weighted by Gasteiger charge is -2.26. The molecule has 0 radical (unpaired) electrons. The SMILES string of the molecule is CC(=O)Nc1ccc(SC(C)C(=O)N(C)C2CCNC2)cc1. The monoisotopic (exact) mass is 321 g/mol. The number of hydrogen-bond acceptors (Lipinski definition) is 4. The summed E-state index contributed by atoms with van der Waals surface area (Å²) >= 11 is 1.54. The molecule has 0 spiro atoms. The van der Waals surface area contributed by atoms with E-state index in [0.717, 1.165) is 30.1 Å². The van der Waals surface area contributed by atoms with Gasteiger partial charge < -0.3 is 15.5 Å². The van der Waals surface area contributed by atoms with E-state index in [0.29, 0.717) is 6.04 Å². The fourth-order valence-corrected chi connectivity index (χ4v) is 3.48. The van der Waals surface area contributed by atoms with Crippen molar-refractivity contribution in [2.45, 2.75) is 36.5 Å². The van der Waals surface area contributed by atoms with Crippen molar-refractivity contribution in [3.05, 3.63) is 24.3 Å². The van der Waals surface area contributed by atoms with Gasteiger partial charge in [0.2, 0.25) is 11.8 Å². The summed E-state index contributed by atoms with van der Waals surface area (Å²) in [6.07, 6.45) is 1.02. The molecule has 2 rings (SSSR count). The summed E-state index contributed by atoms with van der Waals surface area (Å²) in [5, 5.41) is 5.89. The molecule has 0 aliphatic carbocycles. The second-order valence-electron chi connectivity index (χ2n) is 5.56. The molecular weight excluding hydrogens is 298 g/mol. The van der Waals surface area contributed by atoms with Crippen LogP contribution in [0.25, 0.3) is 0 Å². The third-order valence-electron chi connectivity index (χ3n) is 3.76. The lowest BCUT2D eigenvalue weighted by molar-refractivity contribution is -0.130. The second kappa shape index (κ2) is 7.65. The first kappa shape index (κ1) is 16.8. The molecule has 6 heteroatoms. The van der Waals surface area contributed by atoms with Crippen LogP contribution in [0.15, 0.2) is 29.2 Å². The van der Waals surface area contributed by atoms with Gasteiger partial charge >= 0.3 is 0 Å². The molecule has 0 aromatic heterocycles. The van der Waals surface area contributed by atoms with Gasteiger partial charge in [-0.15, -0.1) is 11.8 Å². The highest BCUT2D eigenvalue weighted by Crippen LogP contribution is 2.26. The minimum Gasteiger partial charge on any atom is -0.340 e. The Morgan fingerprint density at radius 3 is 2.59 bits per heavy atom. The molecule has 2 N–H and O–H groups in total. The zero-order chi connectivity index (χ0) is 16.1. The molecule has 1 fully saturated rings. The maximum atomic E-state index is 12.5. The first-order valence-corrected chi connectivity index (χ1v) is 8.37. The molecule has 0 bridgehead atoms. The number of likely N-dealkylation sites (N-methyl/N-ethyl adjacent to an activating group) is 1. The van der Waals surface area contributed by atoms with E-state index < -0.39 is 0 Å². The van der Waals surface area contributed by atoms with E-state index in [2.05, 4.69) is 10.6 Å². The molecule has 0 saturated carbocycles. The summed E-state index contributed by atoms with van der Waals surface area (Å²) in [6.45, 7) is 5.28. The third kappa shape index (κ3) is 4.48. The Labute approximate surface area is 135 Å². The average molecular weight is 321 g/mol. The van der Waals surface area contributed by atoms with Gasteiger partial charge in [0.1, 0.15) is 0 Å². The third-order valence-corrected chi connectivity index (χ3v) is 4.86.